The van der Waals surface area contributed by atoms with Gasteiger partial charge in [-0.25, -0.2) is 4.39 Å². The highest BCUT2D eigenvalue weighted by Crippen LogP contribution is 2.20. The van der Waals surface area contributed by atoms with Gasteiger partial charge >= 0.3 is 0 Å². The lowest BCUT2D eigenvalue weighted by Gasteiger charge is -2.10. The third-order valence-electron chi connectivity index (χ3n) is 4.06. The van der Waals surface area contributed by atoms with Gasteiger partial charge in [-0.05, 0) is 55.8 Å². The summed E-state index contributed by atoms with van der Waals surface area (Å²) in [6.07, 6.45) is 1.38. The quantitative estimate of drug-likeness (QED) is 0.651. The van der Waals surface area contributed by atoms with Gasteiger partial charge in [-0.2, -0.15) is 0 Å². The van der Waals surface area contributed by atoms with E-state index in [1.54, 1.807) is 0 Å². The minimum atomic E-state index is -0.575. The number of nitrogens with zero attached hydrogens (tertiary/aromatic N) is 1. The van der Waals surface area contributed by atoms with Crippen LogP contribution in [0.25, 0.3) is 0 Å². The fraction of sp³-hybridized carbons (Fsp3) is 0.0952. The maximum atomic E-state index is 13.2. The Balaban J connectivity index is 1.76. The Morgan fingerprint density at radius 2 is 1.75 bits per heavy atom. The summed E-state index contributed by atoms with van der Waals surface area (Å²) >= 11 is 5.72. The number of pyridine rings is 1. The van der Waals surface area contributed by atoms with Crippen LogP contribution in [0.3, 0.4) is 0 Å². The van der Waals surface area contributed by atoms with Crippen molar-refractivity contribution in [3.63, 3.8) is 0 Å². The van der Waals surface area contributed by atoms with Gasteiger partial charge in [-0.3, -0.25) is 14.6 Å². The Kier molecular flexibility index (Phi) is 5.70. The van der Waals surface area contributed by atoms with Gasteiger partial charge in [0.05, 0.1) is 5.02 Å². The number of carbonyl (C=O) groups is 2. The SMILES string of the molecule is Cc1ccc(NC(=O)c2cc(C(=O)Nc3ccc(F)c(Cl)c3)ccn2)c(C)c1. The van der Waals surface area contributed by atoms with Crippen LogP contribution in [0.4, 0.5) is 15.8 Å². The molecule has 2 amide bonds. The van der Waals surface area contributed by atoms with Crippen molar-refractivity contribution in [2.75, 3.05) is 10.6 Å². The molecule has 0 aliphatic heterocycles. The van der Waals surface area contributed by atoms with Crippen molar-refractivity contribution in [1.82, 2.24) is 4.98 Å². The summed E-state index contributed by atoms with van der Waals surface area (Å²) in [7, 11) is 0. The summed E-state index contributed by atoms with van der Waals surface area (Å²) in [6, 6.07) is 12.4. The van der Waals surface area contributed by atoms with Crippen LogP contribution < -0.4 is 10.6 Å². The molecule has 0 radical (unpaired) electrons. The van der Waals surface area contributed by atoms with Crippen molar-refractivity contribution < 1.29 is 14.0 Å². The maximum absolute atomic E-state index is 13.2. The summed E-state index contributed by atoms with van der Waals surface area (Å²) in [4.78, 5) is 29.0. The van der Waals surface area contributed by atoms with Gasteiger partial charge < -0.3 is 10.6 Å². The molecular weight excluding hydrogens is 381 g/mol. The van der Waals surface area contributed by atoms with Crippen LogP contribution in [-0.2, 0) is 0 Å². The van der Waals surface area contributed by atoms with E-state index in [4.69, 9.17) is 11.6 Å². The molecule has 0 aliphatic rings. The van der Waals surface area contributed by atoms with Gasteiger partial charge in [-0.1, -0.05) is 29.3 Å². The van der Waals surface area contributed by atoms with E-state index in [9.17, 15) is 14.0 Å². The second-order valence-corrected chi connectivity index (χ2v) is 6.69. The van der Waals surface area contributed by atoms with E-state index in [-0.39, 0.29) is 16.3 Å². The smallest absolute Gasteiger partial charge is 0.274 e. The summed E-state index contributed by atoms with van der Waals surface area (Å²) in [5, 5.41) is 5.30. The van der Waals surface area contributed by atoms with Gasteiger partial charge in [0.2, 0.25) is 0 Å². The number of benzene rings is 2. The lowest BCUT2D eigenvalue weighted by Crippen LogP contribution is -2.17. The van der Waals surface area contributed by atoms with Crippen LogP contribution >= 0.6 is 11.6 Å². The maximum Gasteiger partial charge on any atom is 0.274 e. The first-order valence-electron chi connectivity index (χ1n) is 8.44. The number of hydrogen-bond acceptors (Lipinski definition) is 3. The van der Waals surface area contributed by atoms with Gasteiger partial charge in [0.1, 0.15) is 11.5 Å². The molecule has 142 valence electrons. The van der Waals surface area contributed by atoms with Crippen molar-refractivity contribution >= 4 is 34.8 Å². The molecule has 3 aromatic rings. The van der Waals surface area contributed by atoms with E-state index >= 15 is 0 Å². The molecule has 0 saturated heterocycles. The zero-order valence-electron chi connectivity index (χ0n) is 15.2. The standard InChI is InChI=1S/C21H17ClFN3O2/c1-12-3-6-18(13(2)9-12)26-21(28)19-10-14(7-8-24-19)20(27)25-15-4-5-17(23)16(22)11-15/h3-11H,1-2H3,(H,25,27)(H,26,28). The van der Waals surface area contributed by atoms with E-state index in [1.807, 2.05) is 32.0 Å². The number of hydrogen-bond donors (Lipinski definition) is 2. The Morgan fingerprint density at radius 3 is 2.46 bits per heavy atom. The number of amides is 2. The average molecular weight is 398 g/mol. The van der Waals surface area contributed by atoms with Gasteiger partial charge in [0, 0.05) is 23.1 Å². The zero-order valence-corrected chi connectivity index (χ0v) is 16.0. The Hall–Kier alpha value is -3.25. The van der Waals surface area contributed by atoms with E-state index in [0.717, 1.165) is 17.2 Å². The molecule has 0 saturated carbocycles. The second-order valence-electron chi connectivity index (χ2n) is 6.29. The first-order valence-corrected chi connectivity index (χ1v) is 8.82. The van der Waals surface area contributed by atoms with Crippen LogP contribution in [-0.4, -0.2) is 16.8 Å². The zero-order chi connectivity index (χ0) is 20.3. The topological polar surface area (TPSA) is 71.1 Å². The normalized spacial score (nSPS) is 10.4. The fourth-order valence-corrected chi connectivity index (χ4v) is 2.79. The van der Waals surface area contributed by atoms with E-state index in [2.05, 4.69) is 15.6 Å². The first kappa shape index (κ1) is 19.5. The molecule has 2 aromatic carbocycles. The molecule has 5 nitrogen and oxygen atoms in total. The predicted octanol–water partition coefficient (Wildman–Crippen LogP) is 5.00. The lowest BCUT2D eigenvalue weighted by atomic mass is 10.1. The molecule has 0 bridgehead atoms. The van der Waals surface area contributed by atoms with E-state index < -0.39 is 17.6 Å². The van der Waals surface area contributed by atoms with Crippen molar-refractivity contribution in [2.45, 2.75) is 13.8 Å². The highest BCUT2D eigenvalue weighted by molar-refractivity contribution is 6.31. The van der Waals surface area contributed by atoms with Crippen molar-refractivity contribution in [3.8, 4) is 0 Å². The second kappa shape index (κ2) is 8.19. The average Bonchev–Trinajstić information content (AvgIpc) is 2.67. The number of rotatable bonds is 4. The number of carbonyl (C=O) groups excluding carboxylic acids is 2. The summed E-state index contributed by atoms with van der Waals surface area (Å²) in [5.74, 6) is -1.47. The van der Waals surface area contributed by atoms with E-state index in [1.165, 1.54) is 30.5 Å². The highest BCUT2D eigenvalue weighted by Gasteiger charge is 2.14. The Labute approximate surface area is 166 Å². The molecule has 0 aliphatic carbocycles. The molecule has 0 unspecified atom stereocenters. The summed E-state index contributed by atoms with van der Waals surface area (Å²) < 4.78 is 13.2. The molecule has 1 aromatic heterocycles. The molecule has 0 fully saturated rings. The number of halogens is 2. The van der Waals surface area contributed by atoms with E-state index in [0.29, 0.717) is 11.4 Å². The molecule has 3 rings (SSSR count). The van der Waals surface area contributed by atoms with Crippen LogP contribution in [0.2, 0.25) is 5.02 Å². The number of nitrogens with one attached hydrogen (secondary N) is 2. The fourth-order valence-electron chi connectivity index (χ4n) is 2.61. The molecule has 1 heterocycles. The van der Waals surface area contributed by atoms with Gasteiger partial charge in [0.15, 0.2) is 0 Å². The minimum absolute atomic E-state index is 0.0962. The van der Waals surface area contributed by atoms with Gasteiger partial charge in [-0.15, -0.1) is 0 Å². The number of aromatic nitrogens is 1. The largest absolute Gasteiger partial charge is 0.322 e. The van der Waals surface area contributed by atoms with Crippen molar-refractivity contribution in [1.29, 1.82) is 0 Å². The summed E-state index contributed by atoms with van der Waals surface area (Å²) in [6.45, 7) is 3.87. The molecule has 28 heavy (non-hydrogen) atoms. The third-order valence-corrected chi connectivity index (χ3v) is 4.35. The van der Waals surface area contributed by atoms with Crippen molar-refractivity contribution in [3.05, 3.63) is 88.0 Å². The van der Waals surface area contributed by atoms with Crippen LogP contribution in [0.15, 0.2) is 54.7 Å². The molecule has 2 N–H and O–H groups in total. The first-order chi connectivity index (χ1) is 13.3. The van der Waals surface area contributed by atoms with Crippen LogP contribution in [0.5, 0.6) is 0 Å². The minimum Gasteiger partial charge on any atom is -0.322 e. The molecule has 0 spiro atoms. The Bertz CT molecular complexity index is 1070. The molecule has 0 atom stereocenters. The Morgan fingerprint density at radius 1 is 0.964 bits per heavy atom. The monoisotopic (exact) mass is 397 g/mol. The van der Waals surface area contributed by atoms with Gasteiger partial charge in [0.25, 0.3) is 11.8 Å². The number of aryl methyl sites for hydroxylation is 2. The van der Waals surface area contributed by atoms with Crippen molar-refractivity contribution in [2.24, 2.45) is 0 Å². The van der Waals surface area contributed by atoms with Crippen LogP contribution in [0.1, 0.15) is 32.0 Å². The molecular formula is C21H17ClFN3O2. The highest BCUT2D eigenvalue weighted by atomic mass is 35.5. The molecule has 7 heteroatoms. The van der Waals surface area contributed by atoms with Crippen LogP contribution in [0, 0.1) is 19.7 Å². The third kappa shape index (κ3) is 4.53. The predicted molar refractivity (Wildman–Crippen MR) is 107 cm³/mol. The lowest BCUT2D eigenvalue weighted by molar-refractivity contribution is 0.102. The number of anilines is 2. The summed E-state index contributed by atoms with van der Waals surface area (Å²) in [5.41, 5.74) is 3.37.